The van der Waals surface area contributed by atoms with Gasteiger partial charge in [0, 0.05) is 11.8 Å². The van der Waals surface area contributed by atoms with Gasteiger partial charge in [0.1, 0.15) is 11.5 Å². The summed E-state index contributed by atoms with van der Waals surface area (Å²) < 4.78 is 33.7. The molecular weight excluding hydrogens is 438 g/mol. The lowest BCUT2D eigenvalue weighted by molar-refractivity contribution is 0.101. The van der Waals surface area contributed by atoms with E-state index in [2.05, 4.69) is 4.90 Å². The molecule has 8 nitrogen and oxygen atoms in total. The normalized spacial score (nSPS) is 16.6. The van der Waals surface area contributed by atoms with E-state index in [0.717, 1.165) is 22.6 Å². The zero-order valence-electron chi connectivity index (χ0n) is 18.6. The molecule has 8 heteroatoms. The van der Waals surface area contributed by atoms with Crippen LogP contribution in [0, 0.1) is 0 Å². The summed E-state index contributed by atoms with van der Waals surface area (Å²) in [6.45, 7) is 1.11. The van der Waals surface area contributed by atoms with Crippen molar-refractivity contribution in [2.24, 2.45) is 0 Å². The van der Waals surface area contributed by atoms with E-state index in [9.17, 15) is 4.79 Å². The highest BCUT2D eigenvalue weighted by Crippen LogP contribution is 2.44. The van der Waals surface area contributed by atoms with E-state index in [0.29, 0.717) is 47.6 Å². The molecule has 3 aliphatic rings. The number of anilines is 1. The van der Waals surface area contributed by atoms with Crippen molar-refractivity contribution in [3.8, 4) is 34.5 Å². The third kappa shape index (κ3) is 3.26. The molecule has 0 aromatic heterocycles. The Hall–Kier alpha value is -4.33. The van der Waals surface area contributed by atoms with Crippen molar-refractivity contribution < 1.29 is 33.2 Å². The number of hydrogen-bond donors (Lipinski definition) is 0. The van der Waals surface area contributed by atoms with Gasteiger partial charge in [-0.05, 0) is 48.0 Å². The fourth-order valence-corrected chi connectivity index (χ4v) is 4.30. The van der Waals surface area contributed by atoms with Gasteiger partial charge >= 0.3 is 0 Å². The van der Waals surface area contributed by atoms with Gasteiger partial charge in [0.05, 0.1) is 31.9 Å². The minimum absolute atomic E-state index is 0.173. The number of fused-ring (bicyclic) bond motifs is 4. The van der Waals surface area contributed by atoms with Crippen LogP contribution in [0.4, 0.5) is 5.69 Å². The first-order valence-corrected chi connectivity index (χ1v) is 10.7. The number of carbonyl (C=O) groups is 1. The summed E-state index contributed by atoms with van der Waals surface area (Å²) in [5.41, 5.74) is 3.03. The Balaban J connectivity index is 1.31. The highest BCUT2D eigenvalue weighted by molar-refractivity contribution is 6.15. The molecule has 0 aliphatic carbocycles. The maximum Gasteiger partial charge on any atom is 0.231 e. The lowest BCUT2D eigenvalue weighted by Gasteiger charge is -2.31. The Kier molecular flexibility index (Phi) is 4.72. The summed E-state index contributed by atoms with van der Waals surface area (Å²) in [7, 11) is 3.15. The number of hydrogen-bond acceptors (Lipinski definition) is 8. The van der Waals surface area contributed by atoms with Gasteiger partial charge in [-0.2, -0.15) is 0 Å². The van der Waals surface area contributed by atoms with Crippen molar-refractivity contribution in [3.05, 3.63) is 71.0 Å². The number of ketones is 1. The SMILES string of the molecule is COc1ccc(C=C2Oc3c(ccc4c3CN(c3ccc5c(c3)OCO5)CO4)C2=O)cc1OC. The summed E-state index contributed by atoms with van der Waals surface area (Å²) in [6.07, 6.45) is 1.70. The van der Waals surface area contributed by atoms with Gasteiger partial charge in [0.25, 0.3) is 0 Å². The molecule has 0 unspecified atom stereocenters. The van der Waals surface area contributed by atoms with Crippen molar-refractivity contribution in [3.63, 3.8) is 0 Å². The smallest absolute Gasteiger partial charge is 0.231 e. The summed E-state index contributed by atoms with van der Waals surface area (Å²) in [4.78, 5) is 15.2. The maximum atomic E-state index is 13.1. The van der Waals surface area contributed by atoms with E-state index in [1.807, 2.05) is 30.3 Å². The summed E-state index contributed by atoms with van der Waals surface area (Å²) in [5.74, 6) is 3.92. The van der Waals surface area contributed by atoms with Crippen LogP contribution in [0.3, 0.4) is 0 Å². The molecule has 3 aromatic carbocycles. The molecule has 0 N–H and O–H groups in total. The van der Waals surface area contributed by atoms with Crippen molar-refractivity contribution in [2.75, 3.05) is 32.6 Å². The molecule has 0 bridgehead atoms. The summed E-state index contributed by atoms with van der Waals surface area (Å²) >= 11 is 0. The van der Waals surface area contributed by atoms with Crippen LogP contribution in [0.1, 0.15) is 21.5 Å². The molecule has 0 radical (unpaired) electrons. The Morgan fingerprint density at radius 3 is 2.56 bits per heavy atom. The summed E-state index contributed by atoms with van der Waals surface area (Å²) in [5, 5.41) is 0. The van der Waals surface area contributed by atoms with Crippen LogP contribution in [-0.2, 0) is 6.54 Å². The van der Waals surface area contributed by atoms with Crippen LogP contribution in [-0.4, -0.2) is 33.5 Å². The Morgan fingerprint density at radius 1 is 0.882 bits per heavy atom. The van der Waals surface area contributed by atoms with Crippen molar-refractivity contribution in [2.45, 2.75) is 6.54 Å². The molecular formula is C26H21NO7. The number of Topliss-reactive ketones (excluding diaryl/α,β-unsaturated/α-hetero) is 1. The number of ether oxygens (including phenoxy) is 6. The molecule has 172 valence electrons. The van der Waals surface area contributed by atoms with Gasteiger partial charge in [-0.25, -0.2) is 0 Å². The van der Waals surface area contributed by atoms with Gasteiger partial charge in [-0.15, -0.1) is 0 Å². The number of allylic oxidation sites excluding steroid dienone is 1. The van der Waals surface area contributed by atoms with Gasteiger partial charge in [-0.3, -0.25) is 4.79 Å². The highest BCUT2D eigenvalue weighted by atomic mass is 16.7. The number of nitrogens with zero attached hydrogens (tertiary/aromatic N) is 1. The Bertz CT molecular complexity index is 1350. The Labute approximate surface area is 195 Å². The van der Waals surface area contributed by atoms with Gasteiger partial charge in [0.15, 0.2) is 35.5 Å². The minimum Gasteiger partial charge on any atom is -0.493 e. The van der Waals surface area contributed by atoms with E-state index < -0.39 is 0 Å². The van der Waals surface area contributed by atoms with E-state index >= 15 is 0 Å². The summed E-state index contributed by atoms with van der Waals surface area (Å²) in [6, 6.07) is 14.8. The molecule has 0 saturated carbocycles. The quantitative estimate of drug-likeness (QED) is 0.532. The minimum atomic E-state index is -0.173. The number of rotatable bonds is 4. The van der Waals surface area contributed by atoms with Crippen molar-refractivity contribution in [1.82, 2.24) is 0 Å². The van der Waals surface area contributed by atoms with E-state index in [1.54, 1.807) is 38.5 Å². The number of carbonyl (C=O) groups excluding carboxylic acids is 1. The molecule has 6 rings (SSSR count). The predicted octanol–water partition coefficient (Wildman–Crippen LogP) is 4.41. The zero-order valence-corrected chi connectivity index (χ0v) is 18.6. The molecule has 0 amide bonds. The van der Waals surface area contributed by atoms with Crippen LogP contribution in [0.5, 0.6) is 34.5 Å². The molecule has 0 fully saturated rings. The second kappa shape index (κ2) is 7.91. The predicted molar refractivity (Wildman–Crippen MR) is 123 cm³/mol. The zero-order chi connectivity index (χ0) is 23.2. The molecule has 3 heterocycles. The molecule has 0 spiro atoms. The topological polar surface area (TPSA) is 75.7 Å². The largest absolute Gasteiger partial charge is 0.493 e. The first-order chi connectivity index (χ1) is 16.6. The maximum absolute atomic E-state index is 13.1. The van der Waals surface area contributed by atoms with Gasteiger partial charge in [-0.1, -0.05) is 6.07 Å². The van der Waals surface area contributed by atoms with Crippen LogP contribution in [0.15, 0.2) is 54.3 Å². The molecule has 3 aromatic rings. The highest BCUT2D eigenvalue weighted by Gasteiger charge is 2.34. The van der Waals surface area contributed by atoms with Crippen LogP contribution < -0.4 is 33.3 Å². The van der Waals surface area contributed by atoms with Gasteiger partial charge in [0.2, 0.25) is 12.6 Å². The number of benzene rings is 3. The van der Waals surface area contributed by atoms with E-state index in [-0.39, 0.29) is 18.3 Å². The van der Waals surface area contributed by atoms with Gasteiger partial charge < -0.3 is 33.3 Å². The third-order valence-corrected chi connectivity index (χ3v) is 6.05. The first kappa shape index (κ1) is 20.3. The third-order valence-electron chi connectivity index (χ3n) is 6.05. The second-order valence-corrected chi connectivity index (χ2v) is 7.98. The number of methoxy groups -OCH3 is 2. The van der Waals surface area contributed by atoms with Crippen LogP contribution in [0.25, 0.3) is 6.08 Å². The lowest BCUT2D eigenvalue weighted by Crippen LogP contribution is -2.32. The van der Waals surface area contributed by atoms with Crippen molar-refractivity contribution in [1.29, 1.82) is 0 Å². The van der Waals surface area contributed by atoms with E-state index in [4.69, 9.17) is 28.4 Å². The lowest BCUT2D eigenvalue weighted by atomic mass is 10.0. The van der Waals surface area contributed by atoms with E-state index in [1.165, 1.54) is 0 Å². The van der Waals surface area contributed by atoms with Crippen LogP contribution in [0.2, 0.25) is 0 Å². The standard InChI is InChI=1S/C26H21NO7/c1-29-20-6-3-15(9-22(20)30-2)10-24-25(28)17-5-8-19-18(26(17)34-24)12-27(13-31-19)16-4-7-21-23(11-16)33-14-32-21/h3-11H,12-14H2,1-2H3. The molecule has 0 atom stereocenters. The fraction of sp³-hybridized carbons (Fsp3) is 0.192. The molecule has 34 heavy (non-hydrogen) atoms. The van der Waals surface area contributed by atoms with Crippen LogP contribution >= 0.6 is 0 Å². The second-order valence-electron chi connectivity index (χ2n) is 7.98. The molecule has 3 aliphatic heterocycles. The molecule has 0 saturated heterocycles. The van der Waals surface area contributed by atoms with Crippen molar-refractivity contribution >= 4 is 17.5 Å². The fourth-order valence-electron chi connectivity index (χ4n) is 4.30. The average molecular weight is 459 g/mol. The Morgan fingerprint density at radius 2 is 1.71 bits per heavy atom. The first-order valence-electron chi connectivity index (χ1n) is 10.7. The monoisotopic (exact) mass is 459 g/mol. The average Bonchev–Trinajstić information content (AvgIpc) is 3.47.